The van der Waals surface area contributed by atoms with Crippen LogP contribution in [-0.4, -0.2) is 14.6 Å². The summed E-state index contributed by atoms with van der Waals surface area (Å²) < 4.78 is 7.24. The van der Waals surface area contributed by atoms with Crippen molar-refractivity contribution in [2.45, 2.75) is 33.0 Å². The number of rotatable bonds is 6. The van der Waals surface area contributed by atoms with Crippen LogP contribution in [0.1, 0.15) is 24.2 Å². The van der Waals surface area contributed by atoms with Gasteiger partial charge in [-0.3, -0.25) is 4.79 Å². The van der Waals surface area contributed by atoms with Gasteiger partial charge in [-0.2, -0.15) is 0 Å². The number of benzene rings is 2. The molecule has 0 N–H and O–H groups in total. The fraction of sp³-hybridized carbons (Fsp3) is 0.316. The third-order valence-corrected chi connectivity index (χ3v) is 6.84. The summed E-state index contributed by atoms with van der Waals surface area (Å²) in [5.41, 5.74) is 2.58. The lowest BCUT2D eigenvalue weighted by Gasteiger charge is -2.26. The van der Waals surface area contributed by atoms with E-state index in [0.29, 0.717) is 11.5 Å². The van der Waals surface area contributed by atoms with Crippen LogP contribution in [0.2, 0.25) is 19.1 Å². The van der Waals surface area contributed by atoms with Crippen LogP contribution in [0, 0.1) is 5.92 Å². The van der Waals surface area contributed by atoms with Crippen molar-refractivity contribution in [3.8, 4) is 16.9 Å². The Bertz CT molecular complexity index is 696. The van der Waals surface area contributed by atoms with E-state index < -0.39 is 8.32 Å². The van der Waals surface area contributed by atoms with Crippen molar-refractivity contribution in [3.63, 3.8) is 0 Å². The minimum absolute atomic E-state index is 0.629. The molecule has 2 aromatic carbocycles. The first-order valence-electron chi connectivity index (χ1n) is 7.85. The van der Waals surface area contributed by atoms with Crippen LogP contribution in [-0.2, 0) is 0 Å². The van der Waals surface area contributed by atoms with Crippen LogP contribution >= 0.6 is 15.9 Å². The van der Waals surface area contributed by atoms with E-state index in [1.54, 1.807) is 0 Å². The van der Waals surface area contributed by atoms with Gasteiger partial charge in [-0.05, 0) is 48.8 Å². The van der Waals surface area contributed by atoms with E-state index >= 15 is 0 Å². The molecule has 2 rings (SSSR count). The van der Waals surface area contributed by atoms with Crippen molar-refractivity contribution in [1.82, 2.24) is 0 Å². The SMILES string of the molecule is CC(C)C[Si](C)(C)Oc1cccc(-c2c(Br)cccc2C=O)c1. The molecule has 0 atom stereocenters. The first kappa shape index (κ1) is 18.0. The monoisotopic (exact) mass is 390 g/mol. The zero-order valence-corrected chi connectivity index (χ0v) is 16.7. The molecule has 0 spiro atoms. The Balaban J connectivity index is 2.36. The van der Waals surface area contributed by atoms with Gasteiger partial charge in [0, 0.05) is 15.6 Å². The van der Waals surface area contributed by atoms with Gasteiger partial charge in [0.25, 0.3) is 0 Å². The molecule has 0 aliphatic heterocycles. The Morgan fingerprint density at radius 1 is 1.17 bits per heavy atom. The molecular weight excluding hydrogens is 368 g/mol. The Morgan fingerprint density at radius 3 is 2.52 bits per heavy atom. The summed E-state index contributed by atoms with van der Waals surface area (Å²) in [5, 5.41) is 0. The molecule has 23 heavy (non-hydrogen) atoms. The Labute approximate surface area is 148 Å². The predicted octanol–water partition coefficient (Wildman–Crippen LogP) is 6.17. The highest BCUT2D eigenvalue weighted by molar-refractivity contribution is 9.10. The van der Waals surface area contributed by atoms with E-state index in [1.165, 1.54) is 0 Å². The maximum atomic E-state index is 11.3. The average molecular weight is 391 g/mol. The molecule has 0 saturated heterocycles. The van der Waals surface area contributed by atoms with Crippen LogP contribution in [0.25, 0.3) is 11.1 Å². The van der Waals surface area contributed by atoms with E-state index in [9.17, 15) is 4.79 Å². The highest BCUT2D eigenvalue weighted by Crippen LogP contribution is 2.33. The minimum atomic E-state index is -1.75. The minimum Gasteiger partial charge on any atom is -0.544 e. The zero-order chi connectivity index (χ0) is 17.0. The zero-order valence-electron chi connectivity index (χ0n) is 14.1. The molecule has 2 nitrogen and oxygen atoms in total. The number of carbonyl (C=O) groups excluding carboxylic acids is 1. The molecule has 4 heteroatoms. The van der Waals surface area contributed by atoms with Crippen LogP contribution in [0.5, 0.6) is 5.75 Å². The molecule has 0 aromatic heterocycles. The van der Waals surface area contributed by atoms with Gasteiger partial charge in [0.15, 0.2) is 6.29 Å². The second-order valence-electron chi connectivity index (χ2n) is 6.81. The molecule has 0 aliphatic carbocycles. The number of hydrogen-bond acceptors (Lipinski definition) is 2. The molecular formula is C19H23BrO2Si. The normalized spacial score (nSPS) is 11.6. The number of aldehydes is 1. The van der Waals surface area contributed by atoms with Crippen molar-refractivity contribution in [2.75, 3.05) is 0 Å². The van der Waals surface area contributed by atoms with Crippen LogP contribution in [0.3, 0.4) is 0 Å². The third-order valence-electron chi connectivity index (χ3n) is 3.59. The Kier molecular flexibility index (Phi) is 5.82. The first-order chi connectivity index (χ1) is 10.8. The molecule has 0 bridgehead atoms. The van der Waals surface area contributed by atoms with E-state index in [-0.39, 0.29) is 0 Å². The van der Waals surface area contributed by atoms with E-state index in [1.807, 2.05) is 42.5 Å². The van der Waals surface area contributed by atoms with Crippen molar-refractivity contribution < 1.29 is 9.22 Å². The second kappa shape index (κ2) is 7.45. The average Bonchev–Trinajstić information content (AvgIpc) is 2.45. The number of carbonyl (C=O) groups is 1. The molecule has 122 valence electrons. The molecule has 2 aromatic rings. The first-order valence-corrected chi connectivity index (χ1v) is 11.8. The second-order valence-corrected chi connectivity index (χ2v) is 11.8. The maximum Gasteiger partial charge on any atom is 0.245 e. The molecule has 0 aliphatic rings. The van der Waals surface area contributed by atoms with Gasteiger partial charge in [0.1, 0.15) is 5.75 Å². The topological polar surface area (TPSA) is 26.3 Å². The van der Waals surface area contributed by atoms with Crippen molar-refractivity contribution >= 4 is 30.5 Å². The van der Waals surface area contributed by atoms with Gasteiger partial charge in [-0.1, -0.05) is 54.0 Å². The predicted molar refractivity (Wildman–Crippen MR) is 103 cm³/mol. The number of hydrogen-bond donors (Lipinski definition) is 0. The summed E-state index contributed by atoms with van der Waals surface area (Å²) in [5.74, 6) is 1.51. The van der Waals surface area contributed by atoms with Gasteiger partial charge in [-0.25, -0.2) is 0 Å². The van der Waals surface area contributed by atoms with Crippen molar-refractivity contribution in [3.05, 3.63) is 52.5 Å². The lowest BCUT2D eigenvalue weighted by molar-refractivity contribution is 0.112. The van der Waals surface area contributed by atoms with Crippen LogP contribution in [0.4, 0.5) is 0 Å². The highest BCUT2D eigenvalue weighted by atomic mass is 79.9. The summed E-state index contributed by atoms with van der Waals surface area (Å²) >= 11 is 3.55. The highest BCUT2D eigenvalue weighted by Gasteiger charge is 2.25. The van der Waals surface area contributed by atoms with Gasteiger partial charge >= 0.3 is 0 Å². The summed E-state index contributed by atoms with van der Waals surface area (Å²) in [6.07, 6.45) is 0.894. The van der Waals surface area contributed by atoms with E-state index in [2.05, 4.69) is 42.9 Å². The van der Waals surface area contributed by atoms with Gasteiger partial charge in [0.2, 0.25) is 8.32 Å². The summed E-state index contributed by atoms with van der Waals surface area (Å²) in [6.45, 7) is 8.95. The molecule has 0 amide bonds. The lowest BCUT2D eigenvalue weighted by atomic mass is 10.0. The van der Waals surface area contributed by atoms with Gasteiger partial charge < -0.3 is 4.43 Å². The van der Waals surface area contributed by atoms with Crippen molar-refractivity contribution in [1.29, 1.82) is 0 Å². The Hall–Kier alpha value is -1.39. The fourth-order valence-corrected chi connectivity index (χ4v) is 6.43. The van der Waals surface area contributed by atoms with E-state index in [4.69, 9.17) is 4.43 Å². The quantitative estimate of drug-likeness (QED) is 0.435. The maximum absolute atomic E-state index is 11.3. The summed E-state index contributed by atoms with van der Waals surface area (Å²) in [4.78, 5) is 11.3. The molecule has 0 unspecified atom stereocenters. The molecule has 0 radical (unpaired) electrons. The van der Waals surface area contributed by atoms with Crippen LogP contribution < -0.4 is 4.43 Å². The van der Waals surface area contributed by atoms with Gasteiger partial charge in [0.05, 0.1) is 0 Å². The molecule has 0 saturated carbocycles. The smallest absolute Gasteiger partial charge is 0.245 e. The molecule has 0 heterocycles. The van der Waals surface area contributed by atoms with E-state index in [0.717, 1.165) is 33.7 Å². The van der Waals surface area contributed by atoms with Gasteiger partial charge in [-0.15, -0.1) is 0 Å². The summed E-state index contributed by atoms with van der Waals surface area (Å²) in [7, 11) is -1.75. The van der Waals surface area contributed by atoms with Crippen LogP contribution in [0.15, 0.2) is 46.9 Å². The fourth-order valence-electron chi connectivity index (χ4n) is 3.00. The standard InChI is InChI=1S/C19H23BrO2Si/c1-14(2)13-23(3,4)22-17-9-5-7-15(11-17)19-16(12-21)8-6-10-18(19)20/h5-12,14H,13H2,1-4H3. The third kappa shape index (κ3) is 4.79. The summed E-state index contributed by atoms with van der Waals surface area (Å²) in [6, 6.07) is 14.8. The number of halogens is 1. The lowest BCUT2D eigenvalue weighted by Crippen LogP contribution is -2.35. The molecule has 0 fully saturated rings. The Morgan fingerprint density at radius 2 is 1.87 bits per heavy atom. The van der Waals surface area contributed by atoms with Crippen molar-refractivity contribution in [2.24, 2.45) is 5.92 Å². The largest absolute Gasteiger partial charge is 0.544 e.